The highest BCUT2D eigenvalue weighted by Crippen LogP contribution is 2.22. The number of carbonyl (C=O) groups excluding carboxylic acids is 2. The largest absolute Gasteiger partial charge is 0.452 e. The number of hydrogen-bond donors (Lipinski definition) is 1. The lowest BCUT2D eigenvalue weighted by Crippen LogP contribution is -2.37. The fraction of sp³-hybridized carbons (Fsp3) is 0.474. The molecule has 25 heavy (non-hydrogen) atoms. The van der Waals surface area contributed by atoms with Crippen LogP contribution in [0.3, 0.4) is 0 Å². The first kappa shape index (κ1) is 19.8. The molecular formula is C19H23Cl2NO3. The average Bonchev–Trinajstić information content (AvgIpc) is 2.54. The summed E-state index contributed by atoms with van der Waals surface area (Å²) in [7, 11) is 0. The highest BCUT2D eigenvalue weighted by Gasteiger charge is 2.14. The zero-order valence-corrected chi connectivity index (χ0v) is 15.6. The number of ether oxygens (including phenoxy) is 1. The van der Waals surface area contributed by atoms with Gasteiger partial charge in [0.2, 0.25) is 0 Å². The molecule has 1 aromatic carbocycles. The Morgan fingerprint density at radius 1 is 1.12 bits per heavy atom. The van der Waals surface area contributed by atoms with Gasteiger partial charge in [0.1, 0.15) is 0 Å². The molecule has 0 radical (unpaired) electrons. The minimum atomic E-state index is -0.584. The van der Waals surface area contributed by atoms with Crippen molar-refractivity contribution in [3.8, 4) is 0 Å². The minimum absolute atomic E-state index is 0.190. The summed E-state index contributed by atoms with van der Waals surface area (Å²) in [5.41, 5.74) is 0.655. The van der Waals surface area contributed by atoms with Crippen molar-refractivity contribution in [2.75, 3.05) is 6.61 Å². The van der Waals surface area contributed by atoms with Crippen LogP contribution in [0.2, 0.25) is 10.0 Å². The molecule has 0 spiro atoms. The normalized spacial score (nSPS) is 16.2. The Morgan fingerprint density at radius 2 is 1.80 bits per heavy atom. The number of nitrogens with one attached hydrogen (secondary N) is 1. The maximum atomic E-state index is 11.9. The Hall–Kier alpha value is -1.52. The van der Waals surface area contributed by atoms with E-state index in [0.717, 1.165) is 25.7 Å². The molecule has 0 unspecified atom stereocenters. The van der Waals surface area contributed by atoms with Crippen molar-refractivity contribution < 1.29 is 14.3 Å². The first-order valence-electron chi connectivity index (χ1n) is 8.64. The number of rotatable bonds is 5. The molecular weight excluding hydrogens is 361 g/mol. The molecule has 6 heteroatoms. The predicted octanol–water partition coefficient (Wildman–Crippen LogP) is 4.78. The molecule has 1 saturated carbocycles. The van der Waals surface area contributed by atoms with Gasteiger partial charge >= 0.3 is 5.97 Å². The fourth-order valence-corrected chi connectivity index (χ4v) is 3.32. The monoisotopic (exact) mass is 383 g/mol. The third kappa shape index (κ3) is 7.49. The Morgan fingerprint density at radius 3 is 2.48 bits per heavy atom. The number of esters is 1. The van der Waals surface area contributed by atoms with Gasteiger partial charge in [-0.3, -0.25) is 4.79 Å². The van der Waals surface area contributed by atoms with E-state index >= 15 is 0 Å². The van der Waals surface area contributed by atoms with Crippen LogP contribution < -0.4 is 5.32 Å². The first-order valence-corrected chi connectivity index (χ1v) is 9.39. The standard InChI is InChI=1S/C19H23Cl2NO3/c20-15-10-8-14(17(21)12-15)9-11-19(24)25-13-18(23)22-16-6-4-2-1-3-5-7-16/h8-12,16H,1-7,13H2,(H,22,23). The number of halogens is 2. The molecule has 1 aliphatic carbocycles. The van der Waals surface area contributed by atoms with Crippen molar-refractivity contribution in [2.24, 2.45) is 0 Å². The highest BCUT2D eigenvalue weighted by atomic mass is 35.5. The molecule has 136 valence electrons. The van der Waals surface area contributed by atoms with E-state index in [2.05, 4.69) is 5.32 Å². The van der Waals surface area contributed by atoms with Gasteiger partial charge in [-0.25, -0.2) is 4.79 Å². The van der Waals surface area contributed by atoms with E-state index in [0.29, 0.717) is 15.6 Å². The lowest BCUT2D eigenvalue weighted by atomic mass is 9.97. The van der Waals surface area contributed by atoms with Crippen molar-refractivity contribution in [1.82, 2.24) is 5.32 Å². The van der Waals surface area contributed by atoms with Crippen LogP contribution in [0.25, 0.3) is 6.08 Å². The zero-order valence-electron chi connectivity index (χ0n) is 14.1. The maximum absolute atomic E-state index is 11.9. The predicted molar refractivity (Wildman–Crippen MR) is 101 cm³/mol. The third-order valence-electron chi connectivity index (χ3n) is 4.18. The van der Waals surface area contributed by atoms with Gasteiger partial charge in [0.15, 0.2) is 6.61 Å². The van der Waals surface area contributed by atoms with Crippen LogP contribution >= 0.6 is 23.2 Å². The van der Waals surface area contributed by atoms with E-state index in [1.54, 1.807) is 18.2 Å². The molecule has 4 nitrogen and oxygen atoms in total. The summed E-state index contributed by atoms with van der Waals surface area (Å²) in [4.78, 5) is 23.7. The van der Waals surface area contributed by atoms with Gasteiger partial charge in [0.25, 0.3) is 5.91 Å². The van der Waals surface area contributed by atoms with Crippen molar-refractivity contribution in [1.29, 1.82) is 0 Å². The van der Waals surface area contributed by atoms with E-state index < -0.39 is 5.97 Å². The van der Waals surface area contributed by atoms with Gasteiger partial charge in [-0.05, 0) is 36.6 Å². The van der Waals surface area contributed by atoms with Gasteiger partial charge in [-0.1, -0.05) is 61.4 Å². The smallest absolute Gasteiger partial charge is 0.331 e. The maximum Gasteiger partial charge on any atom is 0.331 e. The summed E-state index contributed by atoms with van der Waals surface area (Å²) in [6, 6.07) is 5.17. The summed E-state index contributed by atoms with van der Waals surface area (Å²) < 4.78 is 4.98. The molecule has 1 N–H and O–H groups in total. The lowest BCUT2D eigenvalue weighted by Gasteiger charge is -2.20. The molecule has 0 atom stereocenters. The quantitative estimate of drug-likeness (QED) is 0.587. The van der Waals surface area contributed by atoms with Crippen LogP contribution in [0.4, 0.5) is 0 Å². The van der Waals surface area contributed by atoms with Gasteiger partial charge in [0, 0.05) is 22.2 Å². The molecule has 1 amide bonds. The topological polar surface area (TPSA) is 55.4 Å². The van der Waals surface area contributed by atoms with Gasteiger partial charge in [-0.15, -0.1) is 0 Å². The van der Waals surface area contributed by atoms with Crippen LogP contribution in [-0.4, -0.2) is 24.5 Å². The zero-order chi connectivity index (χ0) is 18.1. The van der Waals surface area contributed by atoms with Gasteiger partial charge < -0.3 is 10.1 Å². The van der Waals surface area contributed by atoms with Gasteiger partial charge in [-0.2, -0.15) is 0 Å². The van der Waals surface area contributed by atoms with Crippen LogP contribution in [0.5, 0.6) is 0 Å². The van der Waals surface area contributed by atoms with E-state index in [4.69, 9.17) is 27.9 Å². The average molecular weight is 384 g/mol. The Labute approximate surface area is 158 Å². The van der Waals surface area contributed by atoms with E-state index in [-0.39, 0.29) is 18.6 Å². The minimum Gasteiger partial charge on any atom is -0.452 e. The van der Waals surface area contributed by atoms with Crippen molar-refractivity contribution in [2.45, 2.75) is 51.0 Å². The molecule has 1 aliphatic rings. The SMILES string of the molecule is O=C(COC(=O)C=Cc1ccc(Cl)cc1Cl)NC1CCCCCCC1. The summed E-state index contributed by atoms with van der Waals surface area (Å²) in [5.74, 6) is -0.837. The van der Waals surface area contributed by atoms with Crippen LogP contribution in [0, 0.1) is 0 Å². The summed E-state index contributed by atoms with van der Waals surface area (Å²) in [6.07, 6.45) is 10.8. The Balaban J connectivity index is 1.74. The lowest BCUT2D eigenvalue weighted by molar-refractivity contribution is -0.144. The van der Waals surface area contributed by atoms with E-state index in [9.17, 15) is 9.59 Å². The highest BCUT2D eigenvalue weighted by molar-refractivity contribution is 6.35. The van der Waals surface area contributed by atoms with Crippen LogP contribution in [0.15, 0.2) is 24.3 Å². The summed E-state index contributed by atoms with van der Waals surface area (Å²) >= 11 is 11.8. The van der Waals surface area contributed by atoms with Crippen molar-refractivity contribution in [3.63, 3.8) is 0 Å². The Kier molecular flexibility index (Phi) is 8.29. The van der Waals surface area contributed by atoms with Crippen molar-refractivity contribution in [3.05, 3.63) is 39.9 Å². The second kappa shape index (κ2) is 10.5. The fourth-order valence-electron chi connectivity index (χ4n) is 2.85. The van der Waals surface area contributed by atoms with Gasteiger partial charge in [0.05, 0.1) is 0 Å². The summed E-state index contributed by atoms with van der Waals surface area (Å²) in [6.45, 7) is -0.270. The number of hydrogen-bond acceptors (Lipinski definition) is 3. The number of amides is 1. The molecule has 0 aliphatic heterocycles. The molecule has 1 fully saturated rings. The Bertz CT molecular complexity index is 623. The van der Waals surface area contributed by atoms with Crippen molar-refractivity contribution >= 4 is 41.2 Å². The molecule has 0 heterocycles. The second-order valence-electron chi connectivity index (χ2n) is 6.22. The second-order valence-corrected chi connectivity index (χ2v) is 7.06. The third-order valence-corrected chi connectivity index (χ3v) is 4.74. The number of carbonyl (C=O) groups is 2. The van der Waals surface area contributed by atoms with E-state index in [1.165, 1.54) is 31.4 Å². The first-order chi connectivity index (χ1) is 12.0. The molecule has 0 bridgehead atoms. The molecule has 0 saturated heterocycles. The molecule has 0 aromatic heterocycles. The molecule has 2 rings (SSSR count). The summed E-state index contributed by atoms with van der Waals surface area (Å²) in [5, 5.41) is 3.92. The van der Waals surface area contributed by atoms with E-state index in [1.807, 2.05) is 0 Å². The van der Waals surface area contributed by atoms with Crippen LogP contribution in [-0.2, 0) is 14.3 Å². The number of benzene rings is 1. The molecule has 1 aromatic rings. The van der Waals surface area contributed by atoms with Crippen LogP contribution in [0.1, 0.15) is 50.5 Å².